The van der Waals surface area contributed by atoms with Crippen molar-refractivity contribution < 1.29 is 9.37 Å². The molecular formula is C17H19N6O+. The first kappa shape index (κ1) is 15.9. The van der Waals surface area contributed by atoms with Crippen molar-refractivity contribution in [1.82, 2.24) is 5.43 Å². The van der Waals surface area contributed by atoms with Crippen LogP contribution in [0.2, 0.25) is 0 Å². The van der Waals surface area contributed by atoms with Gasteiger partial charge in [-0.15, -0.1) is 0 Å². The largest absolute Gasteiger partial charge is 0.363 e. The van der Waals surface area contributed by atoms with Gasteiger partial charge in [0.1, 0.15) is 19.2 Å². The average molecular weight is 323 g/mol. The van der Waals surface area contributed by atoms with Gasteiger partial charge >= 0.3 is 6.01 Å². The van der Waals surface area contributed by atoms with Gasteiger partial charge in [0.25, 0.3) is 0 Å². The SMILES string of the molecule is CC1CC(=O)NN=C1c1ccc(N2CC[N+](=C=N)CC2)c(C#N)c1. The lowest BCUT2D eigenvalue weighted by atomic mass is 9.93. The molecule has 1 fully saturated rings. The van der Waals surface area contributed by atoms with E-state index in [0.717, 1.165) is 43.1 Å². The number of nitriles is 1. The molecule has 1 aromatic rings. The molecule has 7 nitrogen and oxygen atoms in total. The molecular weight excluding hydrogens is 304 g/mol. The van der Waals surface area contributed by atoms with Gasteiger partial charge in [0.2, 0.25) is 5.91 Å². The fraction of sp³-hybridized carbons (Fsp3) is 0.412. The zero-order valence-corrected chi connectivity index (χ0v) is 13.5. The molecule has 0 bridgehead atoms. The summed E-state index contributed by atoms with van der Waals surface area (Å²) in [6.07, 6.45) is 0.407. The van der Waals surface area contributed by atoms with Crippen LogP contribution in [0.1, 0.15) is 24.5 Å². The lowest BCUT2D eigenvalue weighted by Gasteiger charge is -2.29. The smallest absolute Gasteiger partial charge is 0.303 e. The fourth-order valence-corrected chi connectivity index (χ4v) is 3.12. The maximum absolute atomic E-state index is 11.4. The van der Waals surface area contributed by atoms with Gasteiger partial charge in [0.05, 0.1) is 30.1 Å². The highest BCUT2D eigenvalue weighted by molar-refractivity contribution is 6.06. The molecule has 2 aliphatic rings. The van der Waals surface area contributed by atoms with Gasteiger partial charge in [-0.2, -0.15) is 10.4 Å². The van der Waals surface area contributed by atoms with E-state index in [0.29, 0.717) is 12.0 Å². The van der Waals surface area contributed by atoms with Crippen molar-refractivity contribution >= 4 is 23.3 Å². The summed E-state index contributed by atoms with van der Waals surface area (Å²) in [6, 6.07) is 10.4. The molecule has 0 radical (unpaired) electrons. The van der Waals surface area contributed by atoms with Crippen molar-refractivity contribution in [2.45, 2.75) is 13.3 Å². The third kappa shape index (κ3) is 3.05. The molecule has 1 atom stereocenters. The van der Waals surface area contributed by atoms with Crippen molar-refractivity contribution in [2.24, 2.45) is 11.0 Å². The number of nitrogens with one attached hydrogen (secondary N) is 2. The van der Waals surface area contributed by atoms with Crippen molar-refractivity contribution in [3.8, 4) is 6.07 Å². The molecule has 0 saturated carbocycles. The number of benzene rings is 1. The van der Waals surface area contributed by atoms with E-state index in [1.807, 2.05) is 29.7 Å². The molecule has 0 aromatic heterocycles. The number of hydrazone groups is 1. The Bertz CT molecular complexity index is 790. The first-order valence-corrected chi connectivity index (χ1v) is 7.95. The second kappa shape index (κ2) is 6.65. The quantitative estimate of drug-likeness (QED) is 0.628. The molecule has 1 amide bonds. The number of carbonyl (C=O) groups excluding carboxylic acids is 1. The molecule has 122 valence electrons. The van der Waals surface area contributed by atoms with Crippen LogP contribution in [0.15, 0.2) is 23.3 Å². The summed E-state index contributed by atoms with van der Waals surface area (Å²) in [6.45, 7) is 4.93. The Morgan fingerprint density at radius 1 is 1.42 bits per heavy atom. The van der Waals surface area contributed by atoms with Gasteiger partial charge in [0, 0.05) is 12.3 Å². The topological polar surface area (TPSA) is 95.3 Å². The van der Waals surface area contributed by atoms with E-state index in [-0.39, 0.29) is 11.8 Å². The van der Waals surface area contributed by atoms with Crippen molar-refractivity contribution in [3.05, 3.63) is 29.3 Å². The summed E-state index contributed by atoms with van der Waals surface area (Å²) >= 11 is 0. The van der Waals surface area contributed by atoms with E-state index in [4.69, 9.17) is 5.41 Å². The second-order valence-electron chi connectivity index (χ2n) is 6.07. The van der Waals surface area contributed by atoms with Crippen molar-refractivity contribution in [1.29, 1.82) is 10.7 Å². The van der Waals surface area contributed by atoms with Gasteiger partial charge in [-0.3, -0.25) is 4.79 Å². The molecule has 2 aliphatic heterocycles. The molecule has 1 aromatic carbocycles. The van der Waals surface area contributed by atoms with E-state index in [2.05, 4.69) is 27.5 Å². The van der Waals surface area contributed by atoms with Crippen LogP contribution in [0.3, 0.4) is 0 Å². The van der Waals surface area contributed by atoms with Gasteiger partial charge in [-0.1, -0.05) is 18.4 Å². The number of rotatable bonds is 2. The van der Waals surface area contributed by atoms with Crippen LogP contribution in [0.25, 0.3) is 0 Å². The van der Waals surface area contributed by atoms with E-state index >= 15 is 0 Å². The van der Waals surface area contributed by atoms with Crippen molar-refractivity contribution in [3.63, 3.8) is 0 Å². The average Bonchev–Trinajstić information content (AvgIpc) is 2.61. The minimum atomic E-state index is -0.0794. The Morgan fingerprint density at radius 3 is 2.79 bits per heavy atom. The number of anilines is 1. The van der Waals surface area contributed by atoms with Crippen molar-refractivity contribution in [2.75, 3.05) is 31.1 Å². The molecule has 1 saturated heterocycles. The highest BCUT2D eigenvalue weighted by Gasteiger charge is 2.24. The first-order valence-electron chi connectivity index (χ1n) is 7.95. The minimum Gasteiger partial charge on any atom is -0.363 e. The Hall–Kier alpha value is -2.97. The van der Waals surface area contributed by atoms with E-state index < -0.39 is 0 Å². The maximum atomic E-state index is 11.4. The lowest BCUT2D eigenvalue weighted by Crippen LogP contribution is -2.42. The highest BCUT2D eigenvalue weighted by atomic mass is 16.2. The predicted octanol–water partition coefficient (Wildman–Crippen LogP) is 1.00. The summed E-state index contributed by atoms with van der Waals surface area (Å²) < 4.78 is 1.83. The summed E-state index contributed by atoms with van der Waals surface area (Å²) in [4.78, 5) is 13.5. The Kier molecular flexibility index (Phi) is 4.41. The molecule has 1 unspecified atom stereocenters. The number of amides is 1. The number of carbonyl (C=O) groups is 1. The van der Waals surface area contributed by atoms with E-state index in [1.165, 1.54) is 0 Å². The van der Waals surface area contributed by atoms with Crippen LogP contribution < -0.4 is 10.3 Å². The molecule has 0 aliphatic carbocycles. The van der Waals surface area contributed by atoms with Crippen LogP contribution in [0, 0.1) is 22.7 Å². The van der Waals surface area contributed by atoms with Gasteiger partial charge in [-0.25, -0.2) is 10.0 Å². The maximum Gasteiger partial charge on any atom is 0.303 e. The van der Waals surface area contributed by atoms with Crippen LogP contribution in [-0.2, 0) is 4.79 Å². The first-order chi connectivity index (χ1) is 11.6. The van der Waals surface area contributed by atoms with Crippen LogP contribution in [0.4, 0.5) is 5.69 Å². The Morgan fingerprint density at radius 2 is 2.17 bits per heavy atom. The number of nitrogens with zero attached hydrogens (tertiary/aromatic N) is 4. The third-order valence-corrected chi connectivity index (χ3v) is 4.45. The predicted molar refractivity (Wildman–Crippen MR) is 89.6 cm³/mol. The zero-order valence-electron chi connectivity index (χ0n) is 13.5. The summed E-state index contributed by atoms with van der Waals surface area (Å²) in [7, 11) is 0. The Labute approximate surface area is 140 Å². The molecule has 7 heteroatoms. The molecule has 2 N–H and O–H groups in total. The number of hydrogen-bond donors (Lipinski definition) is 2. The van der Waals surface area contributed by atoms with E-state index in [1.54, 1.807) is 0 Å². The zero-order chi connectivity index (χ0) is 17.1. The molecule has 3 rings (SSSR count). The number of piperazine rings is 1. The summed E-state index contributed by atoms with van der Waals surface area (Å²) in [5.41, 5.74) is 5.69. The standard InChI is InChI=1S/C17H18N6O/c1-12-8-16(24)20-21-17(12)13-2-3-15(14(9-13)10-18)23-6-4-22(11-19)5-7-23/h2-3,9,12,19H,4-8H2,1H3/p+1. The van der Waals surface area contributed by atoms with Gasteiger partial charge < -0.3 is 4.90 Å². The van der Waals surface area contributed by atoms with Crippen LogP contribution in [0.5, 0.6) is 0 Å². The normalized spacial score (nSPS) is 20.8. The molecule has 0 spiro atoms. The van der Waals surface area contributed by atoms with Crippen LogP contribution in [-0.4, -0.2) is 48.4 Å². The molecule has 24 heavy (non-hydrogen) atoms. The highest BCUT2D eigenvalue weighted by Crippen LogP contribution is 2.25. The van der Waals surface area contributed by atoms with Gasteiger partial charge in [0.15, 0.2) is 0 Å². The third-order valence-electron chi connectivity index (χ3n) is 4.45. The van der Waals surface area contributed by atoms with Gasteiger partial charge in [-0.05, 0) is 17.7 Å². The monoisotopic (exact) mass is 323 g/mol. The summed E-state index contributed by atoms with van der Waals surface area (Å²) in [5, 5.41) is 20.9. The van der Waals surface area contributed by atoms with E-state index in [9.17, 15) is 10.1 Å². The fourth-order valence-electron chi connectivity index (χ4n) is 3.12. The van der Waals surface area contributed by atoms with Crippen LogP contribution >= 0.6 is 0 Å². The lowest BCUT2D eigenvalue weighted by molar-refractivity contribution is -0.523. The minimum absolute atomic E-state index is 0.0304. The molecule has 2 heterocycles. The summed E-state index contributed by atoms with van der Waals surface area (Å²) in [5.74, 6) is -0.0490. The number of hydrogen-bond acceptors (Lipinski definition) is 5. The second-order valence-corrected chi connectivity index (χ2v) is 6.07. The Balaban J connectivity index is 1.88.